The lowest BCUT2D eigenvalue weighted by Gasteiger charge is -2.32. The molecular formula is C36H26O2. The van der Waals surface area contributed by atoms with Gasteiger partial charge in [0, 0.05) is 28.3 Å². The normalized spacial score (nSPS) is 11.1. The van der Waals surface area contributed by atoms with Crippen LogP contribution in [-0.2, 0) is 11.2 Å². The summed E-state index contributed by atoms with van der Waals surface area (Å²) in [7, 11) is 0. The van der Waals surface area contributed by atoms with Crippen molar-refractivity contribution >= 4 is 0 Å². The van der Waals surface area contributed by atoms with Gasteiger partial charge in [-0.15, -0.1) is 12.8 Å². The Labute approximate surface area is 224 Å². The van der Waals surface area contributed by atoms with Crippen molar-refractivity contribution in [2.45, 2.75) is 11.2 Å². The second kappa shape index (κ2) is 10.8. The second-order valence-corrected chi connectivity index (χ2v) is 8.79. The molecule has 0 fully saturated rings. The van der Waals surface area contributed by atoms with Crippen molar-refractivity contribution in [3.05, 3.63) is 168 Å². The zero-order valence-electron chi connectivity index (χ0n) is 20.8. The fourth-order valence-corrected chi connectivity index (χ4v) is 4.61. The number of rotatable bonds is 8. The maximum absolute atomic E-state index is 6.66. The van der Waals surface area contributed by atoms with Crippen LogP contribution >= 0.6 is 0 Å². The van der Waals surface area contributed by atoms with Gasteiger partial charge in [0.25, 0.3) is 0 Å². The molecule has 0 N–H and O–H groups in total. The summed E-state index contributed by atoms with van der Waals surface area (Å²) in [6.45, 7) is 0. The summed E-state index contributed by atoms with van der Waals surface area (Å²) in [4.78, 5) is 0. The van der Waals surface area contributed by atoms with E-state index in [1.165, 1.54) is 0 Å². The SMILES string of the molecule is C#CC(Oc1cccc(OC(C#C)(c2ccccc2)c2ccccc2)c1)(c1ccccc1)c1ccccc1. The van der Waals surface area contributed by atoms with E-state index in [-0.39, 0.29) is 0 Å². The van der Waals surface area contributed by atoms with Crippen molar-refractivity contribution in [3.8, 4) is 36.2 Å². The highest BCUT2D eigenvalue weighted by atomic mass is 16.5. The van der Waals surface area contributed by atoms with Crippen LogP contribution in [0.2, 0.25) is 0 Å². The van der Waals surface area contributed by atoms with Crippen LogP contribution < -0.4 is 9.47 Å². The van der Waals surface area contributed by atoms with E-state index < -0.39 is 11.2 Å². The van der Waals surface area contributed by atoms with Gasteiger partial charge in [-0.25, -0.2) is 0 Å². The fourth-order valence-electron chi connectivity index (χ4n) is 4.61. The summed E-state index contributed by atoms with van der Waals surface area (Å²) in [5.74, 6) is 6.98. The third-order valence-electron chi connectivity index (χ3n) is 6.48. The van der Waals surface area contributed by atoms with E-state index in [0.717, 1.165) is 22.3 Å². The molecule has 0 saturated heterocycles. The number of terminal acetylenes is 2. The first-order chi connectivity index (χ1) is 18.7. The highest BCUT2D eigenvalue weighted by Crippen LogP contribution is 2.38. The lowest BCUT2D eigenvalue weighted by molar-refractivity contribution is 0.163. The molecule has 38 heavy (non-hydrogen) atoms. The van der Waals surface area contributed by atoms with E-state index in [9.17, 15) is 0 Å². The zero-order chi connectivity index (χ0) is 26.3. The van der Waals surface area contributed by atoms with Gasteiger partial charge in [-0.05, 0) is 24.0 Å². The minimum atomic E-state index is -1.14. The Morgan fingerprint density at radius 2 is 0.684 bits per heavy atom. The molecule has 2 heteroatoms. The first-order valence-electron chi connectivity index (χ1n) is 12.4. The Morgan fingerprint density at radius 3 is 0.947 bits per heavy atom. The molecule has 0 bridgehead atoms. The number of hydrogen-bond donors (Lipinski definition) is 0. The summed E-state index contributed by atoms with van der Waals surface area (Å²) in [5, 5.41) is 0. The quantitative estimate of drug-likeness (QED) is 0.209. The highest BCUT2D eigenvalue weighted by Gasteiger charge is 2.37. The minimum Gasteiger partial charge on any atom is -0.466 e. The first kappa shape index (κ1) is 24.5. The first-order valence-corrected chi connectivity index (χ1v) is 12.4. The monoisotopic (exact) mass is 490 g/mol. The summed E-state index contributed by atoms with van der Waals surface area (Å²) >= 11 is 0. The molecule has 0 aromatic heterocycles. The van der Waals surface area contributed by atoms with Crippen molar-refractivity contribution in [2.75, 3.05) is 0 Å². The molecule has 5 aromatic carbocycles. The Morgan fingerprint density at radius 1 is 0.395 bits per heavy atom. The van der Waals surface area contributed by atoms with Gasteiger partial charge in [0.1, 0.15) is 11.5 Å². The van der Waals surface area contributed by atoms with E-state index in [1.807, 2.05) is 146 Å². The Balaban J connectivity index is 1.58. The third kappa shape index (κ3) is 4.64. The molecule has 0 aliphatic carbocycles. The van der Waals surface area contributed by atoms with Crippen LogP contribution in [0.15, 0.2) is 146 Å². The van der Waals surface area contributed by atoms with Gasteiger partial charge < -0.3 is 9.47 Å². The van der Waals surface area contributed by atoms with Crippen molar-refractivity contribution < 1.29 is 9.47 Å². The maximum atomic E-state index is 6.66. The molecule has 5 aromatic rings. The molecule has 0 spiro atoms. The predicted octanol–water partition coefficient (Wildman–Crippen LogP) is 7.60. The van der Waals surface area contributed by atoms with Gasteiger partial charge in [0.05, 0.1) is 0 Å². The van der Waals surface area contributed by atoms with Gasteiger partial charge in [0.15, 0.2) is 0 Å². The number of hydrogen-bond acceptors (Lipinski definition) is 2. The molecule has 182 valence electrons. The van der Waals surface area contributed by atoms with Crippen LogP contribution in [0.5, 0.6) is 11.5 Å². The van der Waals surface area contributed by atoms with E-state index >= 15 is 0 Å². The van der Waals surface area contributed by atoms with Crippen molar-refractivity contribution in [1.82, 2.24) is 0 Å². The van der Waals surface area contributed by atoms with Crippen molar-refractivity contribution in [2.24, 2.45) is 0 Å². The molecule has 5 rings (SSSR count). The van der Waals surface area contributed by atoms with E-state index in [0.29, 0.717) is 11.5 Å². The van der Waals surface area contributed by atoms with E-state index in [1.54, 1.807) is 0 Å². The van der Waals surface area contributed by atoms with E-state index in [2.05, 4.69) is 11.8 Å². The molecular weight excluding hydrogens is 464 g/mol. The summed E-state index contributed by atoms with van der Waals surface area (Å²) in [6, 6.07) is 46.7. The van der Waals surface area contributed by atoms with Crippen LogP contribution in [0.25, 0.3) is 0 Å². The topological polar surface area (TPSA) is 18.5 Å². The summed E-state index contributed by atoms with van der Waals surface area (Å²) in [6.07, 6.45) is 12.4. The van der Waals surface area contributed by atoms with Gasteiger partial charge in [-0.3, -0.25) is 0 Å². The molecule has 0 aliphatic rings. The Bertz CT molecular complexity index is 1360. The Kier molecular flexibility index (Phi) is 6.99. The largest absolute Gasteiger partial charge is 0.466 e. The van der Waals surface area contributed by atoms with Crippen molar-refractivity contribution in [3.63, 3.8) is 0 Å². The standard InChI is InChI=1S/C36H26O2/c1-3-35(29-18-9-5-10-19-29,30-20-11-6-12-21-30)37-33-26-17-27-34(28-33)38-36(4-2,31-22-13-7-14-23-31)32-24-15-8-16-25-32/h1-2,5-28H. The zero-order valence-corrected chi connectivity index (χ0v) is 20.8. The van der Waals surface area contributed by atoms with Gasteiger partial charge in [-0.1, -0.05) is 127 Å². The smallest absolute Gasteiger partial charge is 0.220 e. The molecule has 0 saturated carbocycles. The average molecular weight is 491 g/mol. The van der Waals surface area contributed by atoms with Crippen LogP contribution in [0.1, 0.15) is 22.3 Å². The fraction of sp³-hybridized carbons (Fsp3) is 0.0556. The second-order valence-electron chi connectivity index (χ2n) is 8.79. The molecule has 0 atom stereocenters. The summed E-state index contributed by atoms with van der Waals surface area (Å²) in [5.41, 5.74) is 1.14. The number of benzene rings is 5. The van der Waals surface area contributed by atoms with E-state index in [4.69, 9.17) is 22.3 Å². The third-order valence-corrected chi connectivity index (χ3v) is 6.48. The maximum Gasteiger partial charge on any atom is 0.220 e. The minimum absolute atomic E-state index is 0.556. The van der Waals surface area contributed by atoms with Gasteiger partial charge in [0.2, 0.25) is 11.2 Å². The molecule has 0 amide bonds. The molecule has 2 nitrogen and oxygen atoms in total. The molecule has 0 radical (unpaired) electrons. The lowest BCUT2D eigenvalue weighted by Crippen LogP contribution is -2.33. The predicted molar refractivity (Wildman–Crippen MR) is 153 cm³/mol. The highest BCUT2D eigenvalue weighted by molar-refractivity contribution is 5.49. The van der Waals surface area contributed by atoms with Crippen molar-refractivity contribution in [1.29, 1.82) is 0 Å². The van der Waals surface area contributed by atoms with Crippen LogP contribution in [0, 0.1) is 24.7 Å². The number of ether oxygens (including phenoxy) is 2. The Hall–Kier alpha value is -5.18. The van der Waals surface area contributed by atoms with Crippen LogP contribution in [-0.4, -0.2) is 0 Å². The molecule has 0 heterocycles. The molecule has 0 unspecified atom stereocenters. The van der Waals surface area contributed by atoms with Crippen LogP contribution in [0.3, 0.4) is 0 Å². The lowest BCUT2D eigenvalue weighted by atomic mass is 9.86. The molecule has 0 aliphatic heterocycles. The van der Waals surface area contributed by atoms with Gasteiger partial charge in [-0.2, -0.15) is 0 Å². The van der Waals surface area contributed by atoms with Gasteiger partial charge >= 0.3 is 0 Å². The average Bonchev–Trinajstić information content (AvgIpc) is 3.01. The van der Waals surface area contributed by atoms with Crippen LogP contribution in [0.4, 0.5) is 0 Å². The summed E-state index contributed by atoms with van der Waals surface area (Å²) < 4.78 is 13.3.